The molecule has 1 heterocycles. The van der Waals surface area contributed by atoms with Gasteiger partial charge < -0.3 is 12.4 Å². The fourth-order valence-corrected chi connectivity index (χ4v) is 1.19. The van der Waals surface area contributed by atoms with Crippen LogP contribution in [-0.4, -0.2) is 40.0 Å². The maximum atomic E-state index is 4.03. The summed E-state index contributed by atoms with van der Waals surface area (Å²) in [6, 6.07) is 7.88. The molecule has 1 aromatic heterocycles. The normalized spacial score (nSPS) is 9.57. The molecule has 2 rings (SSSR count). The van der Waals surface area contributed by atoms with Gasteiger partial charge in [0.05, 0.1) is 14.1 Å². The minimum atomic E-state index is 0. The predicted octanol–water partition coefficient (Wildman–Crippen LogP) is -2.42. The molecule has 0 saturated heterocycles. The van der Waals surface area contributed by atoms with Crippen LogP contribution in [0.4, 0.5) is 0 Å². The number of rotatable bonds is 1. The molecular weight excluding hydrogens is 200 g/mol. The average Bonchev–Trinajstić information content (AvgIpc) is 2.48. The highest BCUT2D eigenvalue weighted by atomic mass is 35.5. The van der Waals surface area contributed by atoms with Crippen molar-refractivity contribution in [2.45, 2.75) is 0 Å². The van der Waals surface area contributed by atoms with E-state index in [9.17, 15) is 0 Å². The van der Waals surface area contributed by atoms with E-state index in [1.165, 1.54) is 0 Å². The molecule has 0 aliphatic heterocycles. The van der Waals surface area contributed by atoms with Crippen molar-refractivity contribution in [1.82, 2.24) is 15.0 Å². The van der Waals surface area contributed by atoms with Crippen LogP contribution in [0.5, 0.6) is 0 Å². The molecule has 0 aliphatic carbocycles. The smallest absolute Gasteiger partial charge is 0.266 e. The summed E-state index contributed by atoms with van der Waals surface area (Å²) >= 11 is 0. The summed E-state index contributed by atoms with van der Waals surface area (Å²) < 4.78 is 3.69. The van der Waals surface area contributed by atoms with Gasteiger partial charge in [0.15, 0.2) is 5.52 Å². The molecule has 0 fully saturated rings. The average molecular weight is 211 g/mol. The molecular formula is C9H11ClN4. The predicted molar refractivity (Wildman–Crippen MR) is 51.1 cm³/mol. The fourth-order valence-electron chi connectivity index (χ4n) is 1.19. The van der Waals surface area contributed by atoms with Crippen molar-refractivity contribution in [3.8, 4) is 0 Å². The standard InChI is InChI=1S/C9H11N4.ClH/c1-12(2)7-13-9-6-4-3-5-8(9)10-11-13;/h3-7H,1-2H3;1H/q+1;/p-1. The van der Waals surface area contributed by atoms with Gasteiger partial charge in [-0.2, -0.15) is 0 Å². The van der Waals surface area contributed by atoms with Crippen LogP contribution < -0.4 is 12.4 Å². The van der Waals surface area contributed by atoms with Crippen LogP contribution in [0.25, 0.3) is 11.0 Å². The molecule has 0 aliphatic rings. The highest BCUT2D eigenvalue weighted by molar-refractivity contribution is 5.79. The second-order valence-electron chi connectivity index (χ2n) is 3.10. The van der Waals surface area contributed by atoms with Crippen LogP contribution in [0.3, 0.4) is 0 Å². The Morgan fingerprint density at radius 1 is 1.29 bits per heavy atom. The minimum absolute atomic E-state index is 0. The van der Waals surface area contributed by atoms with E-state index in [2.05, 4.69) is 10.3 Å². The molecule has 4 nitrogen and oxygen atoms in total. The molecule has 2 aromatic rings. The molecule has 0 saturated carbocycles. The molecule has 5 heteroatoms. The first-order valence-electron chi connectivity index (χ1n) is 4.09. The van der Waals surface area contributed by atoms with E-state index in [-0.39, 0.29) is 12.4 Å². The lowest BCUT2D eigenvalue weighted by molar-refractivity contribution is -0.461. The molecule has 74 valence electrons. The first-order valence-corrected chi connectivity index (χ1v) is 4.09. The third-order valence-corrected chi connectivity index (χ3v) is 1.72. The minimum Gasteiger partial charge on any atom is -1.00 e. The van der Waals surface area contributed by atoms with Gasteiger partial charge >= 0.3 is 0 Å². The van der Waals surface area contributed by atoms with Crippen LogP contribution in [0.2, 0.25) is 0 Å². The van der Waals surface area contributed by atoms with E-state index in [0.717, 1.165) is 11.0 Å². The number of nitrogens with zero attached hydrogens (tertiary/aromatic N) is 4. The van der Waals surface area contributed by atoms with Crippen molar-refractivity contribution in [3.05, 3.63) is 24.3 Å². The number of benzene rings is 1. The van der Waals surface area contributed by atoms with Crippen molar-refractivity contribution >= 4 is 17.4 Å². The molecule has 0 atom stereocenters. The topological polar surface area (TPSA) is 33.7 Å². The Morgan fingerprint density at radius 2 is 2.00 bits per heavy atom. The van der Waals surface area contributed by atoms with E-state index >= 15 is 0 Å². The molecule has 0 radical (unpaired) electrons. The van der Waals surface area contributed by atoms with Crippen LogP contribution in [-0.2, 0) is 0 Å². The number of aromatic nitrogens is 3. The van der Waals surface area contributed by atoms with E-state index in [1.54, 1.807) is 4.68 Å². The fraction of sp³-hybridized carbons (Fsp3) is 0.222. The number of fused-ring (bicyclic) bond motifs is 1. The van der Waals surface area contributed by atoms with E-state index in [0.29, 0.717) is 0 Å². The van der Waals surface area contributed by atoms with Gasteiger partial charge in [0.1, 0.15) is 5.52 Å². The zero-order valence-electron chi connectivity index (χ0n) is 8.05. The van der Waals surface area contributed by atoms with Gasteiger partial charge in [-0.25, -0.2) is 0 Å². The molecule has 0 unspecified atom stereocenters. The third kappa shape index (κ3) is 1.90. The molecule has 0 spiro atoms. The zero-order valence-corrected chi connectivity index (χ0v) is 8.81. The summed E-state index contributed by atoms with van der Waals surface area (Å²) in [6.45, 7) is 0. The van der Waals surface area contributed by atoms with Crippen LogP contribution >= 0.6 is 0 Å². The van der Waals surface area contributed by atoms with Crippen LogP contribution in [0.15, 0.2) is 24.3 Å². The maximum absolute atomic E-state index is 4.03. The molecule has 14 heavy (non-hydrogen) atoms. The SMILES string of the molecule is C[N+](C)=Cn1nnc2ccccc21.[Cl-]. The molecule has 0 amide bonds. The van der Waals surface area contributed by atoms with E-state index in [4.69, 9.17) is 0 Å². The van der Waals surface area contributed by atoms with Gasteiger partial charge in [0, 0.05) is 5.21 Å². The summed E-state index contributed by atoms with van der Waals surface area (Å²) in [5.74, 6) is 0. The lowest BCUT2D eigenvalue weighted by Gasteiger charge is -1.87. The van der Waals surface area contributed by atoms with Gasteiger partial charge in [0.25, 0.3) is 6.34 Å². The van der Waals surface area contributed by atoms with Crippen molar-refractivity contribution in [1.29, 1.82) is 0 Å². The number of para-hydroxylation sites is 1. The Hall–Kier alpha value is -1.42. The summed E-state index contributed by atoms with van der Waals surface area (Å²) in [5, 5.41) is 8.03. The molecule has 0 bridgehead atoms. The summed E-state index contributed by atoms with van der Waals surface area (Å²) in [6.07, 6.45) is 1.88. The Labute approximate surface area is 88.3 Å². The Balaban J connectivity index is 0.000000980. The maximum Gasteiger partial charge on any atom is 0.266 e. The second-order valence-corrected chi connectivity index (χ2v) is 3.10. The monoisotopic (exact) mass is 210 g/mol. The quantitative estimate of drug-likeness (QED) is 0.298. The van der Waals surface area contributed by atoms with Gasteiger partial charge in [-0.1, -0.05) is 16.8 Å². The van der Waals surface area contributed by atoms with E-state index in [1.807, 2.05) is 49.3 Å². The second kappa shape index (κ2) is 4.19. The first-order chi connectivity index (χ1) is 6.27. The Kier molecular flexibility index (Phi) is 3.19. The Bertz CT molecular complexity index is 457. The molecule has 0 N–H and O–H groups in total. The van der Waals surface area contributed by atoms with Gasteiger partial charge in [-0.05, 0) is 12.1 Å². The lowest BCUT2D eigenvalue weighted by atomic mass is 10.3. The Morgan fingerprint density at radius 3 is 2.71 bits per heavy atom. The van der Waals surface area contributed by atoms with Crippen LogP contribution in [0, 0.1) is 0 Å². The van der Waals surface area contributed by atoms with Gasteiger partial charge in [-0.3, -0.25) is 4.58 Å². The van der Waals surface area contributed by atoms with Crippen molar-refractivity contribution in [2.24, 2.45) is 0 Å². The number of hydrogen-bond acceptors (Lipinski definition) is 2. The number of halogens is 1. The lowest BCUT2D eigenvalue weighted by Crippen LogP contribution is -3.00. The van der Waals surface area contributed by atoms with Crippen molar-refractivity contribution in [3.63, 3.8) is 0 Å². The van der Waals surface area contributed by atoms with Gasteiger partial charge in [-0.15, -0.1) is 5.10 Å². The highest BCUT2D eigenvalue weighted by Crippen LogP contribution is 2.07. The molecule has 1 aromatic carbocycles. The first kappa shape index (κ1) is 10.7. The summed E-state index contributed by atoms with van der Waals surface area (Å²) in [4.78, 5) is 0. The zero-order chi connectivity index (χ0) is 9.26. The van der Waals surface area contributed by atoms with Gasteiger partial charge in [0.2, 0.25) is 0 Å². The van der Waals surface area contributed by atoms with Crippen molar-refractivity contribution in [2.75, 3.05) is 14.1 Å². The largest absolute Gasteiger partial charge is 1.00 e. The van der Waals surface area contributed by atoms with Crippen molar-refractivity contribution < 1.29 is 17.0 Å². The summed E-state index contributed by atoms with van der Waals surface area (Å²) in [5.41, 5.74) is 1.94. The summed E-state index contributed by atoms with van der Waals surface area (Å²) in [7, 11) is 3.91. The van der Waals surface area contributed by atoms with Crippen LogP contribution in [0.1, 0.15) is 0 Å². The third-order valence-electron chi connectivity index (χ3n) is 1.72. The number of hydrogen-bond donors (Lipinski definition) is 0. The van der Waals surface area contributed by atoms with E-state index < -0.39 is 0 Å². The highest BCUT2D eigenvalue weighted by Gasteiger charge is 2.06.